The van der Waals surface area contributed by atoms with Crippen molar-refractivity contribution in [1.29, 1.82) is 0 Å². The predicted octanol–water partition coefficient (Wildman–Crippen LogP) is 3.99. The lowest BCUT2D eigenvalue weighted by Crippen LogP contribution is -2.24. The van der Waals surface area contributed by atoms with Gasteiger partial charge in [0.05, 0.1) is 26.3 Å². The highest BCUT2D eigenvalue weighted by Gasteiger charge is 2.10. The second-order valence-corrected chi connectivity index (χ2v) is 7.01. The minimum Gasteiger partial charge on any atom is -0.493 e. The van der Waals surface area contributed by atoms with Crippen molar-refractivity contribution >= 4 is 17.2 Å². The Labute approximate surface area is 163 Å². The topological polar surface area (TPSA) is 60.5 Å². The molecule has 0 aliphatic rings. The van der Waals surface area contributed by atoms with Gasteiger partial charge in [-0.05, 0) is 24.6 Å². The van der Waals surface area contributed by atoms with Gasteiger partial charge >= 0.3 is 0 Å². The molecule has 3 rings (SSSR count). The van der Waals surface area contributed by atoms with Crippen molar-refractivity contribution in [1.82, 2.24) is 10.3 Å². The van der Waals surface area contributed by atoms with Crippen molar-refractivity contribution in [2.45, 2.75) is 19.9 Å². The summed E-state index contributed by atoms with van der Waals surface area (Å²) in [6, 6.07) is 13.8. The number of hydrogen-bond donors (Lipinski definition) is 1. The number of nitrogens with zero attached hydrogens (tertiary/aromatic N) is 1. The van der Waals surface area contributed by atoms with Crippen LogP contribution in [-0.4, -0.2) is 25.1 Å². The van der Waals surface area contributed by atoms with Crippen molar-refractivity contribution in [2.24, 2.45) is 0 Å². The van der Waals surface area contributed by atoms with Gasteiger partial charge in [-0.1, -0.05) is 35.9 Å². The lowest BCUT2D eigenvalue weighted by atomic mass is 10.2. The fraction of sp³-hybridized carbons (Fsp3) is 0.238. The Balaban J connectivity index is 1.58. The van der Waals surface area contributed by atoms with E-state index in [4.69, 9.17) is 9.47 Å². The third-order valence-corrected chi connectivity index (χ3v) is 5.07. The zero-order chi connectivity index (χ0) is 19.2. The molecule has 27 heavy (non-hydrogen) atoms. The number of aromatic nitrogens is 1. The molecule has 0 aliphatic carbocycles. The van der Waals surface area contributed by atoms with Gasteiger partial charge in [0.15, 0.2) is 11.5 Å². The van der Waals surface area contributed by atoms with Crippen LogP contribution in [0.15, 0.2) is 47.8 Å². The van der Waals surface area contributed by atoms with Crippen LogP contribution in [0.1, 0.15) is 16.8 Å². The predicted molar refractivity (Wildman–Crippen MR) is 107 cm³/mol. The molecule has 0 saturated heterocycles. The molecule has 0 saturated carbocycles. The Morgan fingerprint density at radius 1 is 1.07 bits per heavy atom. The highest BCUT2D eigenvalue weighted by molar-refractivity contribution is 7.13. The fourth-order valence-electron chi connectivity index (χ4n) is 2.64. The zero-order valence-electron chi connectivity index (χ0n) is 15.6. The number of benzene rings is 2. The molecule has 0 unspecified atom stereocenters. The van der Waals surface area contributed by atoms with Gasteiger partial charge in [0, 0.05) is 17.5 Å². The number of methoxy groups -OCH3 is 2. The Morgan fingerprint density at radius 2 is 1.81 bits per heavy atom. The van der Waals surface area contributed by atoms with E-state index in [-0.39, 0.29) is 12.3 Å². The molecule has 1 aromatic heterocycles. The molecule has 6 heteroatoms. The number of ether oxygens (including phenoxy) is 2. The summed E-state index contributed by atoms with van der Waals surface area (Å²) in [6.45, 7) is 2.48. The molecular formula is C21H22N2O3S. The third kappa shape index (κ3) is 4.86. The van der Waals surface area contributed by atoms with E-state index in [1.165, 1.54) is 5.56 Å². The molecule has 0 aliphatic heterocycles. The summed E-state index contributed by atoms with van der Waals surface area (Å²) in [5, 5.41) is 5.79. The van der Waals surface area contributed by atoms with Gasteiger partial charge < -0.3 is 14.8 Å². The van der Waals surface area contributed by atoms with Gasteiger partial charge in [-0.25, -0.2) is 4.98 Å². The van der Waals surface area contributed by atoms with Crippen LogP contribution in [0, 0.1) is 6.92 Å². The summed E-state index contributed by atoms with van der Waals surface area (Å²) >= 11 is 1.55. The van der Waals surface area contributed by atoms with Crippen molar-refractivity contribution in [2.75, 3.05) is 14.2 Å². The molecule has 0 spiro atoms. The maximum Gasteiger partial charge on any atom is 0.226 e. The average molecular weight is 382 g/mol. The maximum atomic E-state index is 12.3. The van der Waals surface area contributed by atoms with E-state index in [2.05, 4.69) is 41.5 Å². The molecular weight excluding hydrogens is 360 g/mol. The number of amides is 1. The van der Waals surface area contributed by atoms with Gasteiger partial charge in [0.25, 0.3) is 0 Å². The van der Waals surface area contributed by atoms with Gasteiger partial charge in [-0.15, -0.1) is 11.3 Å². The normalized spacial score (nSPS) is 10.5. The van der Waals surface area contributed by atoms with E-state index in [1.54, 1.807) is 25.6 Å². The first-order valence-electron chi connectivity index (χ1n) is 8.58. The molecule has 1 amide bonds. The second-order valence-electron chi connectivity index (χ2n) is 6.15. The second kappa shape index (κ2) is 8.68. The number of nitrogens with one attached hydrogen (secondary N) is 1. The third-order valence-electron chi connectivity index (χ3n) is 4.13. The molecule has 1 N–H and O–H groups in total. The quantitative estimate of drug-likeness (QED) is 0.671. The molecule has 0 radical (unpaired) electrons. The number of carbonyl (C=O) groups excluding carboxylic acids is 1. The van der Waals surface area contributed by atoms with Crippen molar-refractivity contribution in [3.8, 4) is 22.1 Å². The Bertz CT molecular complexity index is 919. The summed E-state index contributed by atoms with van der Waals surface area (Å²) in [4.78, 5) is 16.8. The molecule has 0 bridgehead atoms. The minimum absolute atomic E-state index is 0.0643. The number of carbonyl (C=O) groups is 1. The molecule has 140 valence electrons. The lowest BCUT2D eigenvalue weighted by Gasteiger charge is -2.10. The highest BCUT2D eigenvalue weighted by Crippen LogP contribution is 2.27. The van der Waals surface area contributed by atoms with Crippen LogP contribution in [0.2, 0.25) is 0 Å². The molecule has 3 aromatic rings. The van der Waals surface area contributed by atoms with Crippen LogP contribution in [-0.2, 0) is 17.8 Å². The van der Waals surface area contributed by atoms with E-state index in [0.717, 1.165) is 21.8 Å². The summed E-state index contributed by atoms with van der Waals surface area (Å²) < 4.78 is 10.5. The van der Waals surface area contributed by atoms with E-state index in [1.807, 2.05) is 23.6 Å². The maximum absolute atomic E-state index is 12.3. The van der Waals surface area contributed by atoms with E-state index in [0.29, 0.717) is 18.0 Å². The van der Waals surface area contributed by atoms with Gasteiger partial charge in [0.2, 0.25) is 5.91 Å². The SMILES string of the molecule is COc1ccc(CNC(=O)Cc2csc(-c3ccc(C)cc3)n2)cc1OC. The highest BCUT2D eigenvalue weighted by atomic mass is 32.1. The number of rotatable bonds is 7. The first-order valence-corrected chi connectivity index (χ1v) is 9.46. The lowest BCUT2D eigenvalue weighted by molar-refractivity contribution is -0.120. The summed E-state index contributed by atoms with van der Waals surface area (Å²) in [5.41, 5.74) is 4.01. The van der Waals surface area contributed by atoms with Crippen LogP contribution in [0.3, 0.4) is 0 Å². The van der Waals surface area contributed by atoms with Crippen LogP contribution in [0.4, 0.5) is 0 Å². The van der Waals surface area contributed by atoms with Crippen LogP contribution in [0.5, 0.6) is 11.5 Å². The smallest absolute Gasteiger partial charge is 0.226 e. The zero-order valence-corrected chi connectivity index (χ0v) is 16.4. The van der Waals surface area contributed by atoms with Gasteiger partial charge in [0.1, 0.15) is 5.01 Å². The Hall–Kier alpha value is -2.86. The van der Waals surface area contributed by atoms with Crippen molar-refractivity contribution < 1.29 is 14.3 Å². The first kappa shape index (κ1) is 18.9. The van der Waals surface area contributed by atoms with Crippen LogP contribution < -0.4 is 14.8 Å². The Morgan fingerprint density at radius 3 is 2.52 bits per heavy atom. The van der Waals surface area contributed by atoms with Crippen LogP contribution in [0.25, 0.3) is 10.6 Å². The summed E-state index contributed by atoms with van der Waals surface area (Å²) in [7, 11) is 3.19. The van der Waals surface area contributed by atoms with E-state index < -0.39 is 0 Å². The monoisotopic (exact) mass is 382 g/mol. The molecule has 2 aromatic carbocycles. The largest absolute Gasteiger partial charge is 0.493 e. The summed E-state index contributed by atoms with van der Waals surface area (Å²) in [5.74, 6) is 1.25. The Kier molecular flexibility index (Phi) is 6.08. The molecule has 5 nitrogen and oxygen atoms in total. The number of hydrogen-bond acceptors (Lipinski definition) is 5. The minimum atomic E-state index is -0.0643. The number of aryl methyl sites for hydroxylation is 1. The van der Waals surface area contributed by atoms with Gasteiger partial charge in [-0.3, -0.25) is 4.79 Å². The standard InChI is InChI=1S/C21H22N2O3S/c1-14-4-7-16(8-5-14)21-23-17(13-27-21)11-20(24)22-12-15-6-9-18(25-2)19(10-15)26-3/h4-10,13H,11-12H2,1-3H3,(H,22,24). The summed E-state index contributed by atoms with van der Waals surface area (Å²) in [6.07, 6.45) is 0.260. The number of thiazole rings is 1. The average Bonchev–Trinajstić information content (AvgIpc) is 3.15. The van der Waals surface area contributed by atoms with Crippen molar-refractivity contribution in [3.63, 3.8) is 0 Å². The van der Waals surface area contributed by atoms with E-state index in [9.17, 15) is 4.79 Å². The van der Waals surface area contributed by atoms with Crippen LogP contribution >= 0.6 is 11.3 Å². The molecule has 0 fully saturated rings. The van der Waals surface area contributed by atoms with E-state index >= 15 is 0 Å². The molecule has 1 heterocycles. The fourth-order valence-corrected chi connectivity index (χ4v) is 3.46. The van der Waals surface area contributed by atoms with Crippen molar-refractivity contribution in [3.05, 3.63) is 64.7 Å². The molecule has 0 atom stereocenters. The first-order chi connectivity index (χ1) is 13.1. The van der Waals surface area contributed by atoms with Gasteiger partial charge in [-0.2, -0.15) is 0 Å².